The minimum Gasteiger partial charge on any atom is -0.303 e. The van der Waals surface area contributed by atoms with Gasteiger partial charge >= 0.3 is 0 Å². The van der Waals surface area contributed by atoms with E-state index in [1.165, 1.54) is 6.07 Å². The van der Waals surface area contributed by atoms with Gasteiger partial charge in [0.15, 0.2) is 0 Å². The van der Waals surface area contributed by atoms with Crippen molar-refractivity contribution in [1.82, 2.24) is 0 Å². The molecule has 3 heteroatoms. The second kappa shape index (κ2) is 5.78. The van der Waals surface area contributed by atoms with Gasteiger partial charge < -0.3 is 4.79 Å². The average molecular weight is 263 g/mol. The Labute approximate surface area is 110 Å². The SMILES string of the molecule is O=CC(Cc1cccc(Cl)c1)c1ccccc1F. The van der Waals surface area contributed by atoms with Crippen molar-refractivity contribution >= 4 is 17.9 Å². The first-order chi connectivity index (χ1) is 8.70. The maximum absolute atomic E-state index is 13.6. The highest BCUT2D eigenvalue weighted by atomic mass is 35.5. The van der Waals surface area contributed by atoms with Gasteiger partial charge in [0, 0.05) is 10.9 Å². The summed E-state index contributed by atoms with van der Waals surface area (Å²) in [6.45, 7) is 0. The molecule has 0 aliphatic heterocycles. The van der Waals surface area contributed by atoms with E-state index >= 15 is 0 Å². The molecule has 0 N–H and O–H groups in total. The van der Waals surface area contributed by atoms with Gasteiger partial charge in [-0.1, -0.05) is 41.9 Å². The second-order valence-electron chi connectivity index (χ2n) is 4.10. The fraction of sp³-hybridized carbons (Fsp3) is 0.133. The third kappa shape index (κ3) is 2.96. The molecule has 0 saturated heterocycles. The molecule has 0 heterocycles. The lowest BCUT2D eigenvalue weighted by Gasteiger charge is -2.11. The van der Waals surface area contributed by atoms with Gasteiger partial charge in [0.05, 0.1) is 0 Å². The molecular formula is C15H12ClFO. The van der Waals surface area contributed by atoms with Crippen molar-refractivity contribution in [3.63, 3.8) is 0 Å². The van der Waals surface area contributed by atoms with Gasteiger partial charge in [-0.2, -0.15) is 0 Å². The highest BCUT2D eigenvalue weighted by Gasteiger charge is 2.15. The third-order valence-electron chi connectivity index (χ3n) is 2.81. The van der Waals surface area contributed by atoms with Crippen LogP contribution in [-0.2, 0) is 11.2 Å². The second-order valence-corrected chi connectivity index (χ2v) is 4.53. The van der Waals surface area contributed by atoms with Crippen LogP contribution in [0.3, 0.4) is 0 Å². The highest BCUT2D eigenvalue weighted by Crippen LogP contribution is 2.23. The van der Waals surface area contributed by atoms with Crippen molar-refractivity contribution < 1.29 is 9.18 Å². The maximum atomic E-state index is 13.6. The first-order valence-corrected chi connectivity index (χ1v) is 6.02. The molecule has 18 heavy (non-hydrogen) atoms. The third-order valence-corrected chi connectivity index (χ3v) is 3.05. The number of aldehydes is 1. The van der Waals surface area contributed by atoms with Crippen LogP contribution >= 0.6 is 11.6 Å². The van der Waals surface area contributed by atoms with Crippen LogP contribution in [-0.4, -0.2) is 6.29 Å². The van der Waals surface area contributed by atoms with Gasteiger partial charge in [0.25, 0.3) is 0 Å². The van der Waals surface area contributed by atoms with E-state index in [2.05, 4.69) is 0 Å². The van der Waals surface area contributed by atoms with E-state index in [1.54, 1.807) is 30.3 Å². The predicted molar refractivity (Wildman–Crippen MR) is 70.4 cm³/mol. The minimum atomic E-state index is -0.482. The van der Waals surface area contributed by atoms with Crippen molar-refractivity contribution in [3.05, 3.63) is 70.5 Å². The zero-order valence-corrected chi connectivity index (χ0v) is 10.4. The zero-order chi connectivity index (χ0) is 13.0. The maximum Gasteiger partial charge on any atom is 0.127 e. The fourth-order valence-corrected chi connectivity index (χ4v) is 2.14. The van der Waals surface area contributed by atoms with Gasteiger partial charge in [-0.05, 0) is 35.7 Å². The Bertz CT molecular complexity index is 554. The molecule has 0 aliphatic rings. The van der Waals surface area contributed by atoms with Gasteiger partial charge in [-0.3, -0.25) is 0 Å². The van der Waals surface area contributed by atoms with Crippen LogP contribution in [0.5, 0.6) is 0 Å². The molecule has 0 saturated carbocycles. The number of hydrogen-bond donors (Lipinski definition) is 0. The number of benzene rings is 2. The van der Waals surface area contributed by atoms with E-state index < -0.39 is 5.92 Å². The van der Waals surface area contributed by atoms with Gasteiger partial charge in [0.2, 0.25) is 0 Å². The van der Waals surface area contributed by atoms with Crippen LogP contribution in [0.15, 0.2) is 48.5 Å². The molecule has 92 valence electrons. The molecule has 2 aromatic carbocycles. The molecule has 0 aromatic heterocycles. The van der Waals surface area contributed by atoms with E-state index in [0.717, 1.165) is 11.8 Å². The Morgan fingerprint density at radius 2 is 1.94 bits per heavy atom. The van der Waals surface area contributed by atoms with E-state index in [4.69, 9.17) is 11.6 Å². The van der Waals surface area contributed by atoms with Gasteiger partial charge in [-0.25, -0.2) is 4.39 Å². The lowest BCUT2D eigenvalue weighted by molar-refractivity contribution is -0.109. The highest BCUT2D eigenvalue weighted by molar-refractivity contribution is 6.30. The fourth-order valence-electron chi connectivity index (χ4n) is 1.93. The Kier molecular flexibility index (Phi) is 4.11. The summed E-state index contributed by atoms with van der Waals surface area (Å²) in [5.41, 5.74) is 1.34. The molecular weight excluding hydrogens is 251 g/mol. The number of carbonyl (C=O) groups is 1. The van der Waals surface area contributed by atoms with Gasteiger partial charge in [-0.15, -0.1) is 0 Å². The number of halogens is 2. The molecule has 0 spiro atoms. The van der Waals surface area contributed by atoms with Crippen LogP contribution in [0.1, 0.15) is 17.0 Å². The topological polar surface area (TPSA) is 17.1 Å². The molecule has 0 radical (unpaired) electrons. The summed E-state index contributed by atoms with van der Waals surface area (Å²) in [6.07, 6.45) is 1.23. The largest absolute Gasteiger partial charge is 0.303 e. The molecule has 1 atom stereocenters. The molecule has 2 rings (SSSR count). The Morgan fingerprint density at radius 3 is 2.61 bits per heavy atom. The van der Waals surface area contributed by atoms with Crippen molar-refractivity contribution in [1.29, 1.82) is 0 Å². The summed E-state index contributed by atoms with van der Waals surface area (Å²) in [6, 6.07) is 13.6. The van der Waals surface area contributed by atoms with Gasteiger partial charge in [0.1, 0.15) is 12.1 Å². The van der Waals surface area contributed by atoms with E-state index in [1.807, 2.05) is 12.1 Å². The summed E-state index contributed by atoms with van der Waals surface area (Å²) in [4.78, 5) is 11.1. The van der Waals surface area contributed by atoms with Crippen molar-refractivity contribution in [2.24, 2.45) is 0 Å². The molecule has 1 nitrogen and oxygen atoms in total. The Hall–Kier alpha value is -1.67. The van der Waals surface area contributed by atoms with Crippen molar-refractivity contribution in [2.75, 3.05) is 0 Å². The normalized spacial score (nSPS) is 12.1. The summed E-state index contributed by atoms with van der Waals surface area (Å²) in [5, 5.41) is 0.616. The predicted octanol–water partition coefficient (Wildman–Crippen LogP) is 4.00. The van der Waals surface area contributed by atoms with Crippen LogP contribution < -0.4 is 0 Å². The number of carbonyl (C=O) groups excluding carboxylic acids is 1. The monoisotopic (exact) mass is 262 g/mol. The zero-order valence-electron chi connectivity index (χ0n) is 9.64. The van der Waals surface area contributed by atoms with E-state index in [-0.39, 0.29) is 5.82 Å². The number of rotatable bonds is 4. The first-order valence-electron chi connectivity index (χ1n) is 5.65. The van der Waals surface area contributed by atoms with E-state index in [0.29, 0.717) is 17.0 Å². The minimum absolute atomic E-state index is 0.350. The number of hydrogen-bond acceptors (Lipinski definition) is 1. The molecule has 0 fully saturated rings. The molecule has 2 aromatic rings. The van der Waals surface area contributed by atoms with Crippen molar-refractivity contribution in [3.8, 4) is 0 Å². The van der Waals surface area contributed by atoms with E-state index in [9.17, 15) is 9.18 Å². The Morgan fingerprint density at radius 1 is 1.17 bits per heavy atom. The molecule has 0 amide bonds. The first kappa shape index (κ1) is 12.8. The molecule has 0 bridgehead atoms. The lowest BCUT2D eigenvalue weighted by atomic mass is 9.93. The Balaban J connectivity index is 2.25. The summed E-state index contributed by atoms with van der Waals surface area (Å²) in [7, 11) is 0. The smallest absolute Gasteiger partial charge is 0.127 e. The average Bonchev–Trinajstić information content (AvgIpc) is 2.37. The summed E-state index contributed by atoms with van der Waals surface area (Å²) < 4.78 is 13.6. The summed E-state index contributed by atoms with van der Waals surface area (Å²) >= 11 is 5.89. The van der Waals surface area contributed by atoms with Crippen LogP contribution in [0.25, 0.3) is 0 Å². The van der Waals surface area contributed by atoms with Crippen molar-refractivity contribution in [2.45, 2.75) is 12.3 Å². The van der Waals surface area contributed by atoms with Crippen LogP contribution in [0.2, 0.25) is 5.02 Å². The summed E-state index contributed by atoms with van der Waals surface area (Å²) in [5.74, 6) is -0.832. The van der Waals surface area contributed by atoms with Crippen LogP contribution in [0, 0.1) is 5.82 Å². The molecule has 1 unspecified atom stereocenters. The molecule has 0 aliphatic carbocycles. The standard InChI is InChI=1S/C15H12ClFO/c16-13-5-3-4-11(9-13)8-12(10-18)14-6-1-2-7-15(14)17/h1-7,9-10,12H,8H2. The quantitative estimate of drug-likeness (QED) is 0.761. The lowest BCUT2D eigenvalue weighted by Crippen LogP contribution is -2.06. The van der Waals surface area contributed by atoms with Crippen LogP contribution in [0.4, 0.5) is 4.39 Å².